The molecule has 174 valence electrons. The Kier molecular flexibility index (Phi) is 7.59. The number of hydrogen-bond acceptors (Lipinski definition) is 7. The van der Waals surface area contributed by atoms with Crippen LogP contribution in [0.15, 0.2) is 53.1 Å². The molecule has 0 radical (unpaired) electrons. The molecule has 1 aliphatic rings. The Bertz CT molecular complexity index is 1070. The molecule has 4 rings (SSSR count). The molecule has 1 N–H and O–H groups in total. The Balaban J connectivity index is 1.38. The lowest BCUT2D eigenvalue weighted by atomic mass is 10.1. The Hall–Kier alpha value is -3.36. The van der Waals surface area contributed by atoms with Crippen molar-refractivity contribution in [2.75, 3.05) is 32.8 Å². The van der Waals surface area contributed by atoms with Gasteiger partial charge in [0.1, 0.15) is 11.5 Å². The fourth-order valence-corrected chi connectivity index (χ4v) is 3.70. The molecule has 1 aliphatic heterocycles. The molecule has 3 aromatic rings. The van der Waals surface area contributed by atoms with Gasteiger partial charge in [-0.05, 0) is 55.2 Å². The minimum Gasteiger partial charge on any atom is -0.497 e. The molecule has 8 nitrogen and oxygen atoms in total. The summed E-state index contributed by atoms with van der Waals surface area (Å²) in [7, 11) is 3.14. The van der Waals surface area contributed by atoms with Gasteiger partial charge in [0.15, 0.2) is 11.5 Å². The maximum absolute atomic E-state index is 12.7. The highest BCUT2D eigenvalue weighted by atomic mass is 16.5. The van der Waals surface area contributed by atoms with E-state index in [2.05, 4.69) is 10.5 Å². The molecule has 2 aromatic carbocycles. The zero-order valence-electron chi connectivity index (χ0n) is 18.8. The second-order valence-electron chi connectivity index (χ2n) is 7.80. The number of methoxy groups -OCH3 is 2. The SMILES string of the molecule is COc1ccc(OC)c(-c2cc(C(=O)Nc3cccc(COCC4CCCCO4)c3)no2)c1. The standard InChI is InChI=1S/C25H28N2O6/c1-29-19-9-10-23(30-2)21(13-19)24-14-22(27-33-24)25(28)26-18-7-5-6-17(12-18)15-31-16-20-8-3-4-11-32-20/h5-7,9-10,12-14,20H,3-4,8,11,15-16H2,1-2H3,(H,26,28). The number of anilines is 1. The summed E-state index contributed by atoms with van der Waals surface area (Å²) in [6, 6.07) is 14.4. The third-order valence-electron chi connectivity index (χ3n) is 5.45. The van der Waals surface area contributed by atoms with Gasteiger partial charge in [0.25, 0.3) is 5.91 Å². The van der Waals surface area contributed by atoms with Crippen molar-refractivity contribution < 1.29 is 28.3 Å². The predicted molar refractivity (Wildman–Crippen MR) is 123 cm³/mol. The van der Waals surface area contributed by atoms with Gasteiger partial charge in [0.05, 0.1) is 39.1 Å². The smallest absolute Gasteiger partial charge is 0.277 e. The van der Waals surface area contributed by atoms with Crippen LogP contribution in [0.3, 0.4) is 0 Å². The molecule has 1 aromatic heterocycles. The first-order chi connectivity index (χ1) is 16.2. The van der Waals surface area contributed by atoms with E-state index in [4.69, 9.17) is 23.5 Å². The van der Waals surface area contributed by atoms with E-state index < -0.39 is 0 Å². The summed E-state index contributed by atoms with van der Waals surface area (Å²) in [4.78, 5) is 12.7. The average Bonchev–Trinajstić information content (AvgIpc) is 3.35. The predicted octanol–water partition coefficient (Wildman–Crippen LogP) is 4.70. The molecule has 0 aliphatic carbocycles. The van der Waals surface area contributed by atoms with Crippen molar-refractivity contribution in [1.82, 2.24) is 5.16 Å². The first-order valence-corrected chi connectivity index (χ1v) is 10.9. The molecule has 1 fully saturated rings. The van der Waals surface area contributed by atoms with Crippen molar-refractivity contribution in [1.29, 1.82) is 0 Å². The summed E-state index contributed by atoms with van der Waals surface area (Å²) in [5, 5.41) is 6.78. The number of carbonyl (C=O) groups is 1. The van der Waals surface area contributed by atoms with E-state index in [1.165, 1.54) is 6.42 Å². The van der Waals surface area contributed by atoms with Gasteiger partial charge in [0, 0.05) is 18.4 Å². The molecule has 8 heteroatoms. The number of nitrogens with one attached hydrogen (secondary N) is 1. The summed E-state index contributed by atoms with van der Waals surface area (Å²) in [6.07, 6.45) is 3.52. The highest BCUT2D eigenvalue weighted by Crippen LogP contribution is 2.33. The molecule has 33 heavy (non-hydrogen) atoms. The molecule has 0 spiro atoms. The lowest BCUT2D eigenvalue weighted by molar-refractivity contribution is -0.0447. The van der Waals surface area contributed by atoms with E-state index in [0.29, 0.717) is 41.7 Å². The van der Waals surface area contributed by atoms with Crippen LogP contribution in [-0.4, -0.2) is 44.6 Å². The van der Waals surface area contributed by atoms with Gasteiger partial charge in [-0.2, -0.15) is 0 Å². The van der Waals surface area contributed by atoms with Gasteiger partial charge in [-0.15, -0.1) is 0 Å². The van der Waals surface area contributed by atoms with Crippen molar-refractivity contribution in [3.8, 4) is 22.8 Å². The van der Waals surface area contributed by atoms with Gasteiger partial charge in [-0.25, -0.2) is 0 Å². The normalized spacial score (nSPS) is 15.8. The van der Waals surface area contributed by atoms with Gasteiger partial charge in [-0.1, -0.05) is 17.3 Å². The second-order valence-corrected chi connectivity index (χ2v) is 7.80. The van der Waals surface area contributed by atoms with Crippen LogP contribution in [0.2, 0.25) is 0 Å². The van der Waals surface area contributed by atoms with Crippen molar-refractivity contribution in [2.24, 2.45) is 0 Å². The summed E-state index contributed by atoms with van der Waals surface area (Å²) in [5.74, 6) is 1.26. The number of nitrogens with zero attached hydrogens (tertiary/aromatic N) is 1. The first kappa shape index (κ1) is 22.8. The molecule has 1 atom stereocenters. The van der Waals surface area contributed by atoms with E-state index >= 15 is 0 Å². The minimum absolute atomic E-state index is 0.158. The minimum atomic E-state index is -0.375. The number of rotatable bonds is 9. The Morgan fingerprint density at radius 2 is 2.03 bits per heavy atom. The number of aromatic nitrogens is 1. The molecular formula is C25H28N2O6. The highest BCUT2D eigenvalue weighted by molar-refractivity contribution is 6.03. The maximum atomic E-state index is 12.7. The van der Waals surface area contributed by atoms with E-state index in [9.17, 15) is 4.79 Å². The topological polar surface area (TPSA) is 92.1 Å². The summed E-state index contributed by atoms with van der Waals surface area (Å²) < 4.78 is 27.6. The second kappa shape index (κ2) is 11.0. The number of ether oxygens (including phenoxy) is 4. The number of amides is 1. The van der Waals surface area contributed by atoms with Crippen LogP contribution < -0.4 is 14.8 Å². The number of benzene rings is 2. The van der Waals surface area contributed by atoms with Gasteiger partial charge < -0.3 is 28.8 Å². The largest absolute Gasteiger partial charge is 0.497 e. The summed E-state index contributed by atoms with van der Waals surface area (Å²) in [6.45, 7) is 1.84. The van der Waals surface area contributed by atoms with Crippen LogP contribution in [0.5, 0.6) is 11.5 Å². The van der Waals surface area contributed by atoms with Crippen molar-refractivity contribution in [3.05, 3.63) is 59.8 Å². The third-order valence-corrected chi connectivity index (χ3v) is 5.45. The third kappa shape index (κ3) is 5.91. The zero-order valence-corrected chi connectivity index (χ0v) is 18.8. The fourth-order valence-electron chi connectivity index (χ4n) is 3.70. The van der Waals surface area contributed by atoms with Gasteiger partial charge in [0.2, 0.25) is 0 Å². The number of hydrogen-bond donors (Lipinski definition) is 1. The van der Waals surface area contributed by atoms with Crippen molar-refractivity contribution in [2.45, 2.75) is 32.0 Å². The lowest BCUT2D eigenvalue weighted by Crippen LogP contribution is -2.24. The molecule has 1 saturated heterocycles. The molecule has 1 amide bonds. The Morgan fingerprint density at radius 1 is 1.12 bits per heavy atom. The van der Waals surface area contributed by atoms with E-state index in [1.807, 2.05) is 24.3 Å². The van der Waals surface area contributed by atoms with E-state index in [0.717, 1.165) is 25.0 Å². The molecule has 0 bridgehead atoms. The van der Waals surface area contributed by atoms with Crippen LogP contribution in [0.1, 0.15) is 35.3 Å². The monoisotopic (exact) mass is 452 g/mol. The van der Waals surface area contributed by atoms with Crippen LogP contribution in [-0.2, 0) is 16.1 Å². The number of carbonyl (C=O) groups excluding carboxylic acids is 1. The Morgan fingerprint density at radius 3 is 2.82 bits per heavy atom. The average molecular weight is 453 g/mol. The van der Waals surface area contributed by atoms with Crippen molar-refractivity contribution in [3.63, 3.8) is 0 Å². The quantitative estimate of drug-likeness (QED) is 0.503. The zero-order chi connectivity index (χ0) is 23.0. The molecule has 2 heterocycles. The van der Waals surface area contributed by atoms with E-state index in [1.54, 1.807) is 38.5 Å². The van der Waals surface area contributed by atoms with Crippen LogP contribution in [0.25, 0.3) is 11.3 Å². The first-order valence-electron chi connectivity index (χ1n) is 10.9. The van der Waals surface area contributed by atoms with E-state index in [-0.39, 0.29) is 17.7 Å². The van der Waals surface area contributed by atoms with Crippen LogP contribution in [0, 0.1) is 0 Å². The molecular weight excluding hydrogens is 424 g/mol. The maximum Gasteiger partial charge on any atom is 0.277 e. The molecule has 1 unspecified atom stereocenters. The fraction of sp³-hybridized carbons (Fsp3) is 0.360. The lowest BCUT2D eigenvalue weighted by Gasteiger charge is -2.22. The van der Waals surface area contributed by atoms with Crippen LogP contribution >= 0.6 is 0 Å². The summed E-state index contributed by atoms with van der Waals surface area (Å²) in [5.41, 5.74) is 2.42. The highest BCUT2D eigenvalue weighted by Gasteiger charge is 2.18. The molecule has 0 saturated carbocycles. The summed E-state index contributed by atoms with van der Waals surface area (Å²) >= 11 is 0. The van der Waals surface area contributed by atoms with Crippen molar-refractivity contribution >= 4 is 11.6 Å². The van der Waals surface area contributed by atoms with Gasteiger partial charge >= 0.3 is 0 Å². The van der Waals surface area contributed by atoms with Gasteiger partial charge in [-0.3, -0.25) is 4.79 Å². The Labute approximate surface area is 192 Å². The van der Waals surface area contributed by atoms with Crippen LogP contribution in [0.4, 0.5) is 5.69 Å².